The fourth-order valence-corrected chi connectivity index (χ4v) is 2.80. The van der Waals surface area contributed by atoms with Crippen LogP contribution in [0.4, 0.5) is 0 Å². The van der Waals surface area contributed by atoms with Crippen LogP contribution in [0.2, 0.25) is 0 Å². The molecule has 0 aliphatic carbocycles. The number of aliphatic hydroxyl groups is 1. The number of likely N-dealkylation sites (tertiary alicyclic amines) is 1. The molecule has 2 rings (SSSR count). The van der Waals surface area contributed by atoms with E-state index in [4.69, 9.17) is 0 Å². The van der Waals surface area contributed by atoms with E-state index in [2.05, 4.69) is 49.9 Å². The van der Waals surface area contributed by atoms with E-state index < -0.39 is 5.60 Å². The molecule has 2 heteroatoms. The smallest absolute Gasteiger partial charge is 0.0712 e. The Morgan fingerprint density at radius 2 is 1.83 bits per heavy atom. The largest absolute Gasteiger partial charge is 0.389 e. The van der Waals surface area contributed by atoms with Gasteiger partial charge in [0.1, 0.15) is 0 Å². The van der Waals surface area contributed by atoms with Gasteiger partial charge in [-0.1, -0.05) is 24.3 Å². The summed E-state index contributed by atoms with van der Waals surface area (Å²) in [5, 5.41) is 10.7. The van der Waals surface area contributed by atoms with Crippen LogP contribution in [0.15, 0.2) is 24.3 Å². The molecule has 1 aliphatic heterocycles. The Balaban J connectivity index is 2.00. The third-order valence-electron chi connectivity index (χ3n) is 4.24. The molecule has 0 unspecified atom stereocenters. The molecule has 1 aromatic carbocycles. The summed E-state index contributed by atoms with van der Waals surface area (Å²) in [6.07, 6.45) is 2.57. The summed E-state index contributed by atoms with van der Waals surface area (Å²) < 4.78 is 0. The lowest BCUT2D eigenvalue weighted by molar-refractivity contribution is -0.0272. The molecule has 0 spiro atoms. The second kappa shape index (κ2) is 5.41. The van der Waals surface area contributed by atoms with Gasteiger partial charge in [0.2, 0.25) is 0 Å². The predicted molar refractivity (Wildman–Crippen MR) is 75.8 cm³/mol. The highest BCUT2D eigenvalue weighted by Crippen LogP contribution is 2.28. The highest BCUT2D eigenvalue weighted by molar-refractivity contribution is 5.27. The number of rotatable bonds is 3. The first-order valence-electron chi connectivity index (χ1n) is 7.01. The number of aryl methyl sites for hydroxylation is 1. The average Bonchev–Trinajstić information content (AvgIpc) is 2.32. The van der Waals surface area contributed by atoms with Crippen molar-refractivity contribution in [2.75, 3.05) is 13.1 Å². The zero-order valence-electron chi connectivity index (χ0n) is 11.8. The molecule has 0 saturated carbocycles. The van der Waals surface area contributed by atoms with Crippen molar-refractivity contribution >= 4 is 0 Å². The van der Waals surface area contributed by atoms with Crippen molar-refractivity contribution in [1.29, 1.82) is 0 Å². The Morgan fingerprint density at radius 3 is 2.39 bits per heavy atom. The third kappa shape index (κ3) is 3.12. The topological polar surface area (TPSA) is 23.5 Å². The summed E-state index contributed by atoms with van der Waals surface area (Å²) in [5.74, 6) is 0. The molecule has 0 radical (unpaired) electrons. The molecular formula is C16H25NO. The number of hydrogen-bond donors (Lipinski definition) is 1. The van der Waals surface area contributed by atoms with Gasteiger partial charge in [0.25, 0.3) is 0 Å². The van der Waals surface area contributed by atoms with Gasteiger partial charge in [-0.05, 0) is 44.7 Å². The second-order valence-corrected chi connectivity index (χ2v) is 5.96. The lowest BCUT2D eigenvalue weighted by atomic mass is 9.84. The molecule has 2 nitrogen and oxygen atoms in total. The SMILES string of the molecule is Cc1ccccc1CC1(O)CCN(C(C)C)CC1. The number of nitrogens with zero attached hydrogens (tertiary/aromatic N) is 1. The maximum absolute atomic E-state index is 10.7. The van der Waals surface area contributed by atoms with Crippen molar-refractivity contribution in [3.8, 4) is 0 Å². The van der Waals surface area contributed by atoms with Crippen LogP contribution in [0.3, 0.4) is 0 Å². The van der Waals surface area contributed by atoms with Crippen molar-refractivity contribution in [3.63, 3.8) is 0 Å². The predicted octanol–water partition coefficient (Wildman–Crippen LogP) is 2.77. The summed E-state index contributed by atoms with van der Waals surface area (Å²) in [7, 11) is 0. The van der Waals surface area contributed by atoms with Gasteiger partial charge < -0.3 is 10.0 Å². The van der Waals surface area contributed by atoms with E-state index in [0.717, 1.165) is 32.4 Å². The van der Waals surface area contributed by atoms with Crippen molar-refractivity contribution < 1.29 is 5.11 Å². The first kappa shape index (κ1) is 13.6. The van der Waals surface area contributed by atoms with Crippen LogP contribution in [0, 0.1) is 6.92 Å². The van der Waals surface area contributed by atoms with Crippen LogP contribution in [0.1, 0.15) is 37.8 Å². The molecule has 1 saturated heterocycles. The van der Waals surface area contributed by atoms with Crippen LogP contribution in [-0.4, -0.2) is 34.7 Å². The quantitative estimate of drug-likeness (QED) is 0.888. The van der Waals surface area contributed by atoms with E-state index >= 15 is 0 Å². The van der Waals surface area contributed by atoms with Crippen molar-refractivity contribution in [2.45, 2.75) is 51.7 Å². The molecule has 1 aromatic rings. The lowest BCUT2D eigenvalue weighted by Gasteiger charge is -2.40. The van der Waals surface area contributed by atoms with Gasteiger partial charge in [0.15, 0.2) is 0 Å². The Morgan fingerprint density at radius 1 is 1.22 bits per heavy atom. The maximum Gasteiger partial charge on any atom is 0.0712 e. The minimum absolute atomic E-state index is 0.502. The summed E-state index contributed by atoms with van der Waals surface area (Å²) in [6.45, 7) is 8.61. The fraction of sp³-hybridized carbons (Fsp3) is 0.625. The number of piperidine rings is 1. The standard InChI is InChI=1S/C16H25NO/c1-13(2)17-10-8-16(18,9-11-17)12-15-7-5-4-6-14(15)3/h4-7,13,18H,8-12H2,1-3H3. The Bertz CT molecular complexity index is 392. The molecule has 0 amide bonds. The highest BCUT2D eigenvalue weighted by atomic mass is 16.3. The fourth-order valence-electron chi connectivity index (χ4n) is 2.80. The van der Waals surface area contributed by atoms with E-state index in [0.29, 0.717) is 6.04 Å². The monoisotopic (exact) mass is 247 g/mol. The lowest BCUT2D eigenvalue weighted by Crippen LogP contribution is -2.47. The summed E-state index contributed by atoms with van der Waals surface area (Å²) >= 11 is 0. The van der Waals surface area contributed by atoms with E-state index in [1.807, 2.05) is 0 Å². The molecule has 1 N–H and O–H groups in total. The normalized spacial score (nSPS) is 20.3. The van der Waals surface area contributed by atoms with E-state index in [1.165, 1.54) is 11.1 Å². The van der Waals surface area contributed by atoms with Crippen LogP contribution in [-0.2, 0) is 6.42 Å². The van der Waals surface area contributed by atoms with Crippen LogP contribution >= 0.6 is 0 Å². The number of hydrogen-bond acceptors (Lipinski definition) is 2. The maximum atomic E-state index is 10.7. The second-order valence-electron chi connectivity index (χ2n) is 5.96. The Labute approximate surface area is 111 Å². The van der Waals surface area contributed by atoms with Gasteiger partial charge in [0.05, 0.1) is 5.60 Å². The molecule has 0 atom stereocenters. The molecule has 18 heavy (non-hydrogen) atoms. The van der Waals surface area contributed by atoms with Crippen LogP contribution < -0.4 is 0 Å². The molecule has 1 heterocycles. The van der Waals surface area contributed by atoms with Gasteiger partial charge in [-0.15, -0.1) is 0 Å². The zero-order valence-corrected chi connectivity index (χ0v) is 11.8. The van der Waals surface area contributed by atoms with E-state index in [9.17, 15) is 5.11 Å². The molecule has 0 aromatic heterocycles. The molecule has 1 aliphatic rings. The van der Waals surface area contributed by atoms with Crippen molar-refractivity contribution in [3.05, 3.63) is 35.4 Å². The first-order chi connectivity index (χ1) is 8.50. The summed E-state index contributed by atoms with van der Waals surface area (Å²) in [6, 6.07) is 8.98. The summed E-state index contributed by atoms with van der Waals surface area (Å²) in [5.41, 5.74) is 2.08. The minimum atomic E-state index is -0.502. The molecule has 1 fully saturated rings. The van der Waals surface area contributed by atoms with Crippen LogP contribution in [0.25, 0.3) is 0 Å². The molecular weight excluding hydrogens is 222 g/mol. The van der Waals surface area contributed by atoms with Gasteiger partial charge in [0, 0.05) is 25.6 Å². The third-order valence-corrected chi connectivity index (χ3v) is 4.24. The highest BCUT2D eigenvalue weighted by Gasteiger charge is 2.33. The van der Waals surface area contributed by atoms with Crippen molar-refractivity contribution in [2.24, 2.45) is 0 Å². The number of benzene rings is 1. The average molecular weight is 247 g/mol. The van der Waals surface area contributed by atoms with Crippen molar-refractivity contribution in [1.82, 2.24) is 4.90 Å². The summed E-state index contributed by atoms with van der Waals surface area (Å²) in [4.78, 5) is 2.45. The Hall–Kier alpha value is -0.860. The molecule has 100 valence electrons. The van der Waals surface area contributed by atoms with Gasteiger partial charge in [-0.25, -0.2) is 0 Å². The van der Waals surface area contributed by atoms with E-state index in [1.54, 1.807) is 0 Å². The minimum Gasteiger partial charge on any atom is -0.389 e. The van der Waals surface area contributed by atoms with Gasteiger partial charge in [-0.2, -0.15) is 0 Å². The molecule has 0 bridgehead atoms. The zero-order chi connectivity index (χ0) is 13.2. The van der Waals surface area contributed by atoms with Crippen LogP contribution in [0.5, 0.6) is 0 Å². The van der Waals surface area contributed by atoms with E-state index in [-0.39, 0.29) is 0 Å². The Kier molecular flexibility index (Phi) is 4.08. The van der Waals surface area contributed by atoms with Gasteiger partial charge in [-0.3, -0.25) is 0 Å². The van der Waals surface area contributed by atoms with Gasteiger partial charge >= 0.3 is 0 Å². The first-order valence-corrected chi connectivity index (χ1v) is 7.01.